The topological polar surface area (TPSA) is 99.2 Å². The molecule has 0 radical (unpaired) electrons. The van der Waals surface area contributed by atoms with Crippen molar-refractivity contribution in [3.05, 3.63) is 64.7 Å². The van der Waals surface area contributed by atoms with Gasteiger partial charge in [0.1, 0.15) is 0 Å². The molecule has 0 aromatic heterocycles. The van der Waals surface area contributed by atoms with Gasteiger partial charge < -0.3 is 16.0 Å². The van der Waals surface area contributed by atoms with Crippen molar-refractivity contribution in [3.63, 3.8) is 0 Å². The molecule has 2 rings (SSSR count). The van der Waals surface area contributed by atoms with Crippen molar-refractivity contribution >= 4 is 17.5 Å². The molecule has 0 spiro atoms. The number of carbonyl (C=O) groups excluding carboxylic acids is 2. The number of nitriles is 1. The van der Waals surface area contributed by atoms with Crippen molar-refractivity contribution in [2.45, 2.75) is 6.54 Å². The van der Waals surface area contributed by atoms with Gasteiger partial charge in [-0.1, -0.05) is 12.1 Å². The molecule has 24 heavy (non-hydrogen) atoms. The van der Waals surface area contributed by atoms with Crippen LogP contribution in [0.2, 0.25) is 0 Å². The summed E-state index contributed by atoms with van der Waals surface area (Å²) in [7, 11) is 3.81. The maximum Gasteiger partial charge on any atom is 0.255 e. The van der Waals surface area contributed by atoms with Crippen LogP contribution in [0.3, 0.4) is 0 Å². The Morgan fingerprint density at radius 2 is 1.92 bits per heavy atom. The van der Waals surface area contributed by atoms with Gasteiger partial charge >= 0.3 is 0 Å². The second kappa shape index (κ2) is 7.40. The fraction of sp³-hybridized carbons (Fsp3) is 0.167. The summed E-state index contributed by atoms with van der Waals surface area (Å²) in [4.78, 5) is 25.8. The predicted molar refractivity (Wildman–Crippen MR) is 91.5 cm³/mol. The van der Waals surface area contributed by atoms with E-state index in [1.165, 1.54) is 6.07 Å². The maximum absolute atomic E-state index is 12.5. The summed E-state index contributed by atoms with van der Waals surface area (Å²) in [6.45, 7) is 0.590. The zero-order chi connectivity index (χ0) is 17.7. The molecule has 0 aliphatic rings. The zero-order valence-corrected chi connectivity index (χ0v) is 13.5. The van der Waals surface area contributed by atoms with E-state index in [-0.39, 0.29) is 5.91 Å². The summed E-state index contributed by atoms with van der Waals surface area (Å²) in [5.41, 5.74) is 7.79. The van der Waals surface area contributed by atoms with Crippen LogP contribution in [0, 0.1) is 11.3 Å². The number of nitrogens with zero attached hydrogens (tertiary/aromatic N) is 2. The molecule has 2 aromatic carbocycles. The summed E-state index contributed by atoms with van der Waals surface area (Å²) < 4.78 is 0. The molecule has 6 nitrogen and oxygen atoms in total. The molecule has 0 fully saturated rings. The molecule has 0 aliphatic carbocycles. The molecule has 0 unspecified atom stereocenters. The van der Waals surface area contributed by atoms with Crippen LogP contribution in [0.25, 0.3) is 0 Å². The first-order valence-corrected chi connectivity index (χ1v) is 7.29. The van der Waals surface area contributed by atoms with Gasteiger partial charge in [0.2, 0.25) is 5.91 Å². The second-order valence-electron chi connectivity index (χ2n) is 5.62. The third-order valence-corrected chi connectivity index (χ3v) is 3.38. The summed E-state index contributed by atoms with van der Waals surface area (Å²) in [5.74, 6) is -0.915. The van der Waals surface area contributed by atoms with Crippen LogP contribution in [-0.2, 0) is 6.54 Å². The minimum absolute atomic E-state index is 0.318. The first-order valence-electron chi connectivity index (χ1n) is 7.29. The molecule has 0 bridgehead atoms. The summed E-state index contributed by atoms with van der Waals surface area (Å²) >= 11 is 0. The van der Waals surface area contributed by atoms with Crippen molar-refractivity contribution in [2.75, 3.05) is 19.4 Å². The first-order chi connectivity index (χ1) is 11.4. The van der Waals surface area contributed by atoms with Crippen molar-refractivity contribution in [1.82, 2.24) is 4.90 Å². The smallest absolute Gasteiger partial charge is 0.255 e. The number of hydrogen-bond acceptors (Lipinski definition) is 4. The van der Waals surface area contributed by atoms with Gasteiger partial charge in [-0.2, -0.15) is 5.26 Å². The van der Waals surface area contributed by atoms with Gasteiger partial charge in [-0.3, -0.25) is 9.59 Å². The average molecular weight is 322 g/mol. The number of anilines is 1. The van der Waals surface area contributed by atoms with Crippen LogP contribution in [0.15, 0.2) is 42.5 Å². The van der Waals surface area contributed by atoms with E-state index in [1.807, 2.05) is 25.1 Å². The summed E-state index contributed by atoms with van der Waals surface area (Å²) in [6, 6.07) is 13.4. The Labute approximate surface area is 140 Å². The van der Waals surface area contributed by atoms with E-state index < -0.39 is 5.91 Å². The van der Waals surface area contributed by atoms with Crippen LogP contribution in [0.4, 0.5) is 5.69 Å². The Balaban J connectivity index is 2.35. The van der Waals surface area contributed by atoms with Gasteiger partial charge in [-0.25, -0.2) is 0 Å². The minimum atomic E-state index is -0.562. The van der Waals surface area contributed by atoms with E-state index in [0.29, 0.717) is 28.9 Å². The van der Waals surface area contributed by atoms with Gasteiger partial charge in [0.25, 0.3) is 5.91 Å². The lowest BCUT2D eigenvalue weighted by molar-refractivity contribution is 0.0996. The van der Waals surface area contributed by atoms with Gasteiger partial charge in [0.15, 0.2) is 0 Å². The maximum atomic E-state index is 12.5. The number of carbonyl (C=O) groups is 2. The number of rotatable bonds is 5. The Morgan fingerprint density at radius 1 is 1.17 bits per heavy atom. The zero-order valence-electron chi connectivity index (χ0n) is 13.5. The molecule has 2 amide bonds. The molecule has 0 saturated carbocycles. The third-order valence-electron chi connectivity index (χ3n) is 3.38. The minimum Gasteiger partial charge on any atom is -0.366 e. The standard InChI is InChI=1S/C18H18N4O2/c1-22(2)11-15-7-6-13(17(20)23)9-16(15)21-18(24)14-5-3-4-12(8-14)10-19/h3-9H,11H2,1-2H3,(H2,20,23)(H,21,24). The van der Waals surface area contributed by atoms with Gasteiger partial charge in [0, 0.05) is 23.4 Å². The van der Waals surface area contributed by atoms with Gasteiger partial charge in [-0.15, -0.1) is 0 Å². The number of primary amides is 1. The number of benzene rings is 2. The van der Waals surface area contributed by atoms with Crippen LogP contribution >= 0.6 is 0 Å². The Kier molecular flexibility index (Phi) is 5.30. The largest absolute Gasteiger partial charge is 0.366 e. The highest BCUT2D eigenvalue weighted by Crippen LogP contribution is 2.20. The fourth-order valence-electron chi connectivity index (χ4n) is 2.25. The highest BCUT2D eigenvalue weighted by Gasteiger charge is 2.13. The quantitative estimate of drug-likeness (QED) is 0.879. The molecular formula is C18H18N4O2. The van der Waals surface area contributed by atoms with Crippen LogP contribution in [-0.4, -0.2) is 30.8 Å². The predicted octanol–water partition coefficient (Wildman–Crippen LogP) is 1.97. The van der Waals surface area contributed by atoms with Gasteiger partial charge in [-0.05, 0) is 50.0 Å². The molecular weight excluding hydrogens is 304 g/mol. The molecule has 6 heteroatoms. The van der Waals surface area contributed by atoms with Crippen LogP contribution in [0.5, 0.6) is 0 Å². The molecule has 0 heterocycles. The number of nitrogens with one attached hydrogen (secondary N) is 1. The third kappa shape index (κ3) is 4.18. The lowest BCUT2D eigenvalue weighted by atomic mass is 10.1. The molecule has 3 N–H and O–H groups in total. The van der Waals surface area contributed by atoms with E-state index >= 15 is 0 Å². The van der Waals surface area contributed by atoms with Gasteiger partial charge in [0.05, 0.1) is 11.6 Å². The summed E-state index contributed by atoms with van der Waals surface area (Å²) in [5, 5.41) is 11.7. The van der Waals surface area contributed by atoms with E-state index in [1.54, 1.807) is 36.4 Å². The molecule has 2 aromatic rings. The van der Waals surface area contributed by atoms with E-state index in [9.17, 15) is 9.59 Å². The van der Waals surface area contributed by atoms with Crippen LogP contribution in [0.1, 0.15) is 31.8 Å². The van der Waals surface area contributed by atoms with Crippen molar-refractivity contribution in [1.29, 1.82) is 5.26 Å². The first kappa shape index (κ1) is 17.2. The number of amides is 2. The highest BCUT2D eigenvalue weighted by molar-refractivity contribution is 6.05. The highest BCUT2D eigenvalue weighted by atomic mass is 16.2. The average Bonchev–Trinajstić information content (AvgIpc) is 2.55. The van der Waals surface area contributed by atoms with E-state index in [4.69, 9.17) is 11.0 Å². The van der Waals surface area contributed by atoms with Crippen molar-refractivity contribution in [3.8, 4) is 6.07 Å². The van der Waals surface area contributed by atoms with E-state index in [2.05, 4.69) is 5.32 Å². The molecule has 0 atom stereocenters. The second-order valence-corrected chi connectivity index (χ2v) is 5.62. The lowest BCUT2D eigenvalue weighted by Gasteiger charge is -2.16. The molecule has 0 aliphatic heterocycles. The normalized spacial score (nSPS) is 10.2. The monoisotopic (exact) mass is 322 g/mol. The molecule has 122 valence electrons. The van der Waals surface area contributed by atoms with E-state index in [0.717, 1.165) is 5.56 Å². The Hall–Kier alpha value is -3.17. The Bertz CT molecular complexity index is 822. The van der Waals surface area contributed by atoms with Crippen molar-refractivity contribution in [2.24, 2.45) is 5.73 Å². The Morgan fingerprint density at radius 3 is 2.54 bits per heavy atom. The number of nitrogens with two attached hydrogens (primary N) is 1. The summed E-state index contributed by atoms with van der Waals surface area (Å²) in [6.07, 6.45) is 0. The fourth-order valence-corrected chi connectivity index (χ4v) is 2.25. The molecule has 0 saturated heterocycles. The number of hydrogen-bond donors (Lipinski definition) is 2. The van der Waals surface area contributed by atoms with Crippen LogP contribution < -0.4 is 11.1 Å². The lowest BCUT2D eigenvalue weighted by Crippen LogP contribution is -2.18. The van der Waals surface area contributed by atoms with Crippen molar-refractivity contribution < 1.29 is 9.59 Å². The SMILES string of the molecule is CN(C)Cc1ccc(C(N)=O)cc1NC(=O)c1cccc(C#N)c1.